The lowest BCUT2D eigenvalue weighted by Crippen LogP contribution is -2.41. The summed E-state index contributed by atoms with van der Waals surface area (Å²) in [6.45, 7) is 1.90. The Kier molecular flexibility index (Phi) is 4.71. The molecular weight excluding hydrogens is 500 g/mol. The highest BCUT2D eigenvalue weighted by atomic mass is 79.9. The standard InChI is InChI=1S/C24H23BrN6O3/c1-11-14-4-5-31(22(14)28-10-27-11)18-9-24(20(33)19(18)32)8-17(30-23(24)34)13-3-2-12-6-15(25)21(26)29-16(12)7-13/h2-7,10,17-20,32-33H,8-9H2,1H3,(H2,26,29)(H,30,34)/t17-,18+,19-,20-,24+/m0/s1. The van der Waals surface area contributed by atoms with E-state index in [0.29, 0.717) is 24.3 Å². The zero-order valence-electron chi connectivity index (χ0n) is 18.3. The minimum atomic E-state index is -1.20. The van der Waals surface area contributed by atoms with Crippen molar-refractivity contribution in [1.82, 2.24) is 24.8 Å². The maximum absolute atomic E-state index is 13.3. The van der Waals surface area contributed by atoms with Gasteiger partial charge in [-0.15, -0.1) is 0 Å². The monoisotopic (exact) mass is 522 g/mol. The van der Waals surface area contributed by atoms with Crippen LogP contribution in [0.3, 0.4) is 0 Å². The average Bonchev–Trinajstić information content (AvgIpc) is 3.46. The highest BCUT2D eigenvalue weighted by Gasteiger charge is 2.61. The summed E-state index contributed by atoms with van der Waals surface area (Å²) >= 11 is 3.40. The van der Waals surface area contributed by atoms with Gasteiger partial charge in [0.2, 0.25) is 5.91 Å². The molecule has 174 valence electrons. The number of hydrogen-bond acceptors (Lipinski definition) is 7. The third-order valence-electron chi connectivity index (χ3n) is 7.47. The second-order valence-electron chi connectivity index (χ2n) is 9.32. The summed E-state index contributed by atoms with van der Waals surface area (Å²) in [4.78, 5) is 26.3. The maximum Gasteiger partial charge on any atom is 0.229 e. The van der Waals surface area contributed by atoms with Crippen molar-refractivity contribution < 1.29 is 15.0 Å². The number of carbonyl (C=O) groups excluding carboxylic acids is 1. The van der Waals surface area contributed by atoms with Crippen molar-refractivity contribution in [2.75, 3.05) is 5.73 Å². The molecule has 34 heavy (non-hydrogen) atoms. The van der Waals surface area contributed by atoms with Gasteiger partial charge in [-0.1, -0.05) is 12.1 Å². The van der Waals surface area contributed by atoms with Gasteiger partial charge < -0.3 is 25.8 Å². The number of hydrogen-bond donors (Lipinski definition) is 4. The van der Waals surface area contributed by atoms with Crippen LogP contribution >= 0.6 is 15.9 Å². The number of carbonyl (C=O) groups is 1. The molecule has 2 fully saturated rings. The molecule has 1 aromatic carbocycles. The molecule has 9 nitrogen and oxygen atoms in total. The number of rotatable bonds is 2. The van der Waals surface area contributed by atoms with Crippen LogP contribution < -0.4 is 11.1 Å². The SMILES string of the molecule is Cc1ncnc2c1ccn2[C@@H]1C[C@]2(C[C@@H](c3ccc4cc(Br)c(N)nc4c3)NC2=O)[C@@H](O)[C@H]1O. The lowest BCUT2D eigenvalue weighted by atomic mass is 9.79. The molecule has 10 heteroatoms. The van der Waals surface area contributed by atoms with Gasteiger partial charge >= 0.3 is 0 Å². The minimum absolute atomic E-state index is 0.253. The van der Waals surface area contributed by atoms with Gasteiger partial charge in [0.15, 0.2) is 0 Å². The van der Waals surface area contributed by atoms with E-state index in [0.717, 1.165) is 32.0 Å². The number of nitrogens with one attached hydrogen (secondary N) is 1. The Hall–Kier alpha value is -3.08. The number of nitrogen functional groups attached to an aromatic ring is 1. The first-order valence-electron chi connectivity index (χ1n) is 11.1. The molecule has 5 N–H and O–H groups in total. The molecule has 1 saturated heterocycles. The van der Waals surface area contributed by atoms with Gasteiger partial charge in [0.1, 0.15) is 23.9 Å². The van der Waals surface area contributed by atoms with Crippen molar-refractivity contribution in [1.29, 1.82) is 0 Å². The van der Waals surface area contributed by atoms with Gasteiger partial charge in [-0.25, -0.2) is 15.0 Å². The number of halogens is 1. The third kappa shape index (κ3) is 2.98. The number of aryl methyl sites for hydroxylation is 1. The fraction of sp³-hybridized carbons (Fsp3) is 0.333. The molecule has 1 spiro atoms. The molecule has 0 bridgehead atoms. The molecule has 5 atom stereocenters. The molecule has 3 aromatic heterocycles. The number of aliphatic hydroxyl groups is 2. The first kappa shape index (κ1) is 21.5. The molecule has 4 aromatic rings. The van der Waals surface area contributed by atoms with Crippen LogP contribution in [-0.2, 0) is 4.79 Å². The van der Waals surface area contributed by atoms with E-state index in [4.69, 9.17) is 5.73 Å². The van der Waals surface area contributed by atoms with E-state index in [9.17, 15) is 15.0 Å². The van der Waals surface area contributed by atoms with Crippen LogP contribution in [0.15, 0.2) is 47.3 Å². The van der Waals surface area contributed by atoms with Gasteiger partial charge in [0.25, 0.3) is 0 Å². The van der Waals surface area contributed by atoms with Crippen molar-refractivity contribution in [3.05, 3.63) is 58.6 Å². The topological polar surface area (TPSA) is 139 Å². The molecule has 4 heterocycles. The van der Waals surface area contributed by atoms with Crippen LogP contribution in [-0.4, -0.2) is 47.8 Å². The number of nitrogens with two attached hydrogens (primary N) is 1. The molecular formula is C24H23BrN6O3. The van der Waals surface area contributed by atoms with Gasteiger partial charge in [0.05, 0.1) is 39.3 Å². The van der Waals surface area contributed by atoms with E-state index in [2.05, 4.69) is 36.2 Å². The van der Waals surface area contributed by atoms with Crippen LogP contribution in [0.2, 0.25) is 0 Å². The number of aromatic nitrogens is 4. The zero-order valence-corrected chi connectivity index (χ0v) is 19.9. The Morgan fingerprint density at radius 2 is 2.03 bits per heavy atom. The minimum Gasteiger partial charge on any atom is -0.389 e. The molecule has 1 saturated carbocycles. The van der Waals surface area contributed by atoms with Crippen molar-refractivity contribution in [3.8, 4) is 0 Å². The van der Waals surface area contributed by atoms with E-state index >= 15 is 0 Å². The Bertz CT molecular complexity index is 1470. The molecule has 6 rings (SSSR count). The van der Waals surface area contributed by atoms with E-state index < -0.39 is 23.7 Å². The summed E-state index contributed by atoms with van der Waals surface area (Å²) in [5.41, 5.74) is 7.97. The number of fused-ring (bicyclic) bond motifs is 2. The summed E-state index contributed by atoms with van der Waals surface area (Å²) in [5, 5.41) is 27.0. The second kappa shape index (κ2) is 7.46. The smallest absolute Gasteiger partial charge is 0.229 e. The predicted molar refractivity (Wildman–Crippen MR) is 130 cm³/mol. The maximum atomic E-state index is 13.3. The summed E-state index contributed by atoms with van der Waals surface area (Å²) < 4.78 is 2.58. The van der Waals surface area contributed by atoms with E-state index in [-0.39, 0.29) is 11.9 Å². The third-order valence-corrected chi connectivity index (χ3v) is 8.11. The van der Waals surface area contributed by atoms with E-state index in [1.807, 2.05) is 48.0 Å². The average molecular weight is 523 g/mol. The van der Waals surface area contributed by atoms with Gasteiger partial charge in [-0.05, 0) is 59.5 Å². The first-order valence-corrected chi connectivity index (χ1v) is 11.9. The lowest BCUT2D eigenvalue weighted by molar-refractivity contribution is -0.134. The normalized spacial score (nSPS) is 28.9. The molecule has 0 radical (unpaired) electrons. The summed E-state index contributed by atoms with van der Waals surface area (Å²) in [7, 11) is 0. The lowest BCUT2D eigenvalue weighted by Gasteiger charge is -2.24. The predicted octanol–water partition coefficient (Wildman–Crippen LogP) is 2.55. The molecule has 1 aliphatic carbocycles. The molecule has 1 aliphatic heterocycles. The summed E-state index contributed by atoms with van der Waals surface area (Å²) in [6.07, 6.45) is 1.69. The largest absolute Gasteiger partial charge is 0.389 e. The van der Waals surface area contributed by atoms with E-state index in [1.165, 1.54) is 6.33 Å². The van der Waals surface area contributed by atoms with Crippen LogP contribution in [0.4, 0.5) is 5.82 Å². The highest BCUT2D eigenvalue weighted by molar-refractivity contribution is 9.10. The van der Waals surface area contributed by atoms with Gasteiger partial charge in [0, 0.05) is 17.0 Å². The Morgan fingerprint density at radius 3 is 2.85 bits per heavy atom. The Balaban J connectivity index is 1.34. The number of benzene rings is 1. The Labute approximate surface area is 203 Å². The van der Waals surface area contributed by atoms with Crippen LogP contribution in [0.5, 0.6) is 0 Å². The molecule has 0 unspecified atom stereocenters. The van der Waals surface area contributed by atoms with E-state index in [1.54, 1.807) is 0 Å². The number of anilines is 1. The number of nitrogens with zero attached hydrogens (tertiary/aromatic N) is 4. The van der Waals surface area contributed by atoms with Crippen molar-refractivity contribution >= 4 is 49.6 Å². The second-order valence-corrected chi connectivity index (χ2v) is 10.2. The van der Waals surface area contributed by atoms with Crippen LogP contribution in [0, 0.1) is 12.3 Å². The first-order chi connectivity index (χ1) is 16.3. The summed E-state index contributed by atoms with van der Waals surface area (Å²) in [5.74, 6) is 0.143. The number of pyridine rings is 1. The van der Waals surface area contributed by atoms with Crippen molar-refractivity contribution in [3.63, 3.8) is 0 Å². The quantitative estimate of drug-likeness (QED) is 0.317. The highest BCUT2D eigenvalue weighted by Crippen LogP contribution is 2.53. The van der Waals surface area contributed by atoms with Gasteiger partial charge in [-0.3, -0.25) is 4.79 Å². The number of aliphatic hydroxyl groups excluding tert-OH is 2. The zero-order chi connectivity index (χ0) is 23.8. The fourth-order valence-electron chi connectivity index (χ4n) is 5.61. The van der Waals surface area contributed by atoms with Crippen LogP contribution in [0.25, 0.3) is 21.9 Å². The molecule has 1 amide bonds. The molecule has 2 aliphatic rings. The fourth-order valence-corrected chi connectivity index (χ4v) is 5.95. The van der Waals surface area contributed by atoms with Gasteiger partial charge in [-0.2, -0.15) is 0 Å². The van der Waals surface area contributed by atoms with Crippen molar-refractivity contribution in [2.45, 2.75) is 44.1 Å². The summed E-state index contributed by atoms with van der Waals surface area (Å²) in [6, 6.07) is 8.82. The van der Waals surface area contributed by atoms with Crippen molar-refractivity contribution in [2.24, 2.45) is 5.41 Å². The Morgan fingerprint density at radius 1 is 1.21 bits per heavy atom. The number of amides is 1. The van der Waals surface area contributed by atoms with Crippen LogP contribution in [0.1, 0.15) is 36.2 Å².